The third-order valence-electron chi connectivity index (χ3n) is 2.13. The molecule has 0 amide bonds. The second kappa shape index (κ2) is 5.64. The fourth-order valence-corrected chi connectivity index (χ4v) is 1.25. The van der Waals surface area contributed by atoms with E-state index in [1.807, 2.05) is 0 Å². The number of H-pyrrole nitrogens is 1. The third-order valence-corrected chi connectivity index (χ3v) is 2.13. The average molecular weight is 228 g/mol. The van der Waals surface area contributed by atoms with Gasteiger partial charge in [0.2, 0.25) is 0 Å². The van der Waals surface area contributed by atoms with Gasteiger partial charge in [-0.15, -0.1) is 0 Å². The quantitative estimate of drug-likeness (QED) is 0.510. The van der Waals surface area contributed by atoms with Crippen LogP contribution in [0.5, 0.6) is 0 Å². The fraction of sp³-hybridized carbons (Fsp3) is 0.500. The van der Waals surface area contributed by atoms with Crippen LogP contribution in [0.2, 0.25) is 0 Å². The highest BCUT2D eigenvalue weighted by Gasteiger charge is 2.19. The summed E-state index contributed by atoms with van der Waals surface area (Å²) in [5, 5.41) is 18.9. The molecule has 6 nitrogen and oxygen atoms in total. The Morgan fingerprint density at radius 1 is 1.56 bits per heavy atom. The molecule has 5 N–H and O–H groups in total. The molecule has 2 unspecified atom stereocenters. The molecule has 6 heteroatoms. The normalized spacial score (nSPS) is 14.5. The Hall–Kier alpha value is -1.37. The molecule has 0 aliphatic rings. The molecule has 0 radical (unpaired) electrons. The van der Waals surface area contributed by atoms with Crippen molar-refractivity contribution in [3.63, 3.8) is 0 Å². The number of aromatic amines is 1. The van der Waals surface area contributed by atoms with Crippen LogP contribution in [-0.2, 0) is 4.74 Å². The van der Waals surface area contributed by atoms with Crippen LogP contribution in [0.25, 0.3) is 0 Å². The molecular formula is C10H16N2O4. The number of aliphatic hydroxyl groups excluding tert-OH is 2. The Kier molecular flexibility index (Phi) is 4.48. The van der Waals surface area contributed by atoms with Crippen LogP contribution in [0.15, 0.2) is 12.1 Å². The van der Waals surface area contributed by atoms with E-state index in [0.29, 0.717) is 5.69 Å². The lowest BCUT2D eigenvalue weighted by Crippen LogP contribution is -2.27. The molecule has 1 aromatic rings. The predicted octanol–water partition coefficient (Wildman–Crippen LogP) is -0.456. The van der Waals surface area contributed by atoms with E-state index < -0.39 is 18.2 Å². The van der Waals surface area contributed by atoms with Crippen molar-refractivity contribution in [2.45, 2.75) is 19.1 Å². The minimum Gasteiger partial charge on any atom is -0.461 e. The van der Waals surface area contributed by atoms with Crippen LogP contribution in [0, 0.1) is 0 Å². The van der Waals surface area contributed by atoms with Gasteiger partial charge in [0, 0.05) is 12.2 Å². The third kappa shape index (κ3) is 2.82. The summed E-state index contributed by atoms with van der Waals surface area (Å²) in [7, 11) is 0. The van der Waals surface area contributed by atoms with Crippen LogP contribution in [0.1, 0.15) is 29.2 Å². The van der Waals surface area contributed by atoms with Crippen molar-refractivity contribution >= 4 is 5.97 Å². The van der Waals surface area contributed by atoms with E-state index in [9.17, 15) is 15.0 Å². The second-order valence-electron chi connectivity index (χ2n) is 3.30. The Morgan fingerprint density at radius 2 is 2.25 bits per heavy atom. The van der Waals surface area contributed by atoms with Crippen LogP contribution < -0.4 is 5.73 Å². The van der Waals surface area contributed by atoms with Crippen LogP contribution >= 0.6 is 0 Å². The van der Waals surface area contributed by atoms with E-state index in [1.54, 1.807) is 6.92 Å². The van der Waals surface area contributed by atoms with E-state index in [-0.39, 0.29) is 18.8 Å². The van der Waals surface area contributed by atoms with Crippen molar-refractivity contribution in [1.29, 1.82) is 0 Å². The first-order chi connectivity index (χ1) is 7.60. The predicted molar refractivity (Wildman–Crippen MR) is 56.8 cm³/mol. The van der Waals surface area contributed by atoms with Crippen molar-refractivity contribution in [2.24, 2.45) is 5.73 Å². The van der Waals surface area contributed by atoms with E-state index in [1.165, 1.54) is 12.1 Å². The summed E-state index contributed by atoms with van der Waals surface area (Å²) >= 11 is 0. The molecule has 0 aromatic carbocycles. The number of hydrogen-bond acceptors (Lipinski definition) is 5. The molecule has 1 heterocycles. The lowest BCUT2D eigenvalue weighted by molar-refractivity contribution is 0.0218. The number of nitrogens with two attached hydrogens (primary N) is 1. The number of hydrogen-bond donors (Lipinski definition) is 4. The summed E-state index contributed by atoms with van der Waals surface area (Å²) in [6.07, 6.45) is -2.19. The number of nitrogens with one attached hydrogen (secondary N) is 1. The first kappa shape index (κ1) is 12.7. The molecule has 0 aliphatic heterocycles. The van der Waals surface area contributed by atoms with Gasteiger partial charge in [-0.3, -0.25) is 0 Å². The maximum Gasteiger partial charge on any atom is 0.354 e. The highest BCUT2D eigenvalue weighted by molar-refractivity contribution is 5.87. The van der Waals surface area contributed by atoms with Gasteiger partial charge in [0.15, 0.2) is 0 Å². The zero-order valence-electron chi connectivity index (χ0n) is 9.01. The SMILES string of the molecule is CCOC(=O)c1ccc(C(O)C(O)CN)[nH]1. The first-order valence-electron chi connectivity index (χ1n) is 5.02. The molecule has 2 atom stereocenters. The molecule has 0 bridgehead atoms. The monoisotopic (exact) mass is 228 g/mol. The highest BCUT2D eigenvalue weighted by atomic mass is 16.5. The van der Waals surface area contributed by atoms with Gasteiger partial charge in [0.25, 0.3) is 0 Å². The van der Waals surface area contributed by atoms with Crippen molar-refractivity contribution in [3.8, 4) is 0 Å². The van der Waals surface area contributed by atoms with Crippen molar-refractivity contribution in [3.05, 3.63) is 23.5 Å². The zero-order chi connectivity index (χ0) is 12.1. The summed E-state index contributed by atoms with van der Waals surface area (Å²) in [6, 6.07) is 3.00. The summed E-state index contributed by atoms with van der Waals surface area (Å²) in [5.41, 5.74) is 5.78. The summed E-state index contributed by atoms with van der Waals surface area (Å²) < 4.78 is 4.77. The van der Waals surface area contributed by atoms with E-state index >= 15 is 0 Å². The van der Waals surface area contributed by atoms with Gasteiger partial charge in [-0.05, 0) is 19.1 Å². The minimum atomic E-state index is -1.13. The van der Waals surface area contributed by atoms with Crippen molar-refractivity contribution in [2.75, 3.05) is 13.2 Å². The molecule has 16 heavy (non-hydrogen) atoms. The molecule has 0 fully saturated rings. The molecule has 1 rings (SSSR count). The molecule has 0 spiro atoms. The Balaban J connectivity index is 2.74. The van der Waals surface area contributed by atoms with Gasteiger partial charge in [-0.1, -0.05) is 0 Å². The molecule has 1 aromatic heterocycles. The first-order valence-corrected chi connectivity index (χ1v) is 5.02. The Morgan fingerprint density at radius 3 is 2.81 bits per heavy atom. The summed E-state index contributed by atoms with van der Waals surface area (Å²) in [4.78, 5) is 14.0. The summed E-state index contributed by atoms with van der Waals surface area (Å²) in [5.74, 6) is -0.497. The van der Waals surface area contributed by atoms with E-state index in [0.717, 1.165) is 0 Å². The molecule has 90 valence electrons. The van der Waals surface area contributed by atoms with Crippen LogP contribution in [0.4, 0.5) is 0 Å². The van der Waals surface area contributed by atoms with Crippen LogP contribution in [0.3, 0.4) is 0 Å². The Bertz CT molecular complexity index is 350. The standard InChI is InChI=1S/C10H16N2O4/c1-2-16-10(15)7-4-3-6(12-7)9(14)8(13)5-11/h3-4,8-9,12-14H,2,5,11H2,1H3. The highest BCUT2D eigenvalue weighted by Crippen LogP contribution is 2.16. The zero-order valence-corrected chi connectivity index (χ0v) is 9.01. The maximum absolute atomic E-state index is 11.3. The van der Waals surface area contributed by atoms with Gasteiger partial charge in [0.05, 0.1) is 12.7 Å². The Labute approximate surface area is 93.0 Å². The largest absolute Gasteiger partial charge is 0.461 e. The van der Waals surface area contributed by atoms with Crippen molar-refractivity contribution in [1.82, 2.24) is 4.98 Å². The maximum atomic E-state index is 11.3. The minimum absolute atomic E-state index is 0.0606. The van der Waals surface area contributed by atoms with Gasteiger partial charge in [0.1, 0.15) is 11.8 Å². The molecule has 0 saturated carbocycles. The molecule has 0 saturated heterocycles. The number of carbonyl (C=O) groups excluding carboxylic acids is 1. The van der Waals surface area contributed by atoms with Gasteiger partial charge in [-0.25, -0.2) is 4.79 Å². The lowest BCUT2D eigenvalue weighted by Gasteiger charge is -2.14. The van der Waals surface area contributed by atoms with Crippen LogP contribution in [-0.4, -0.2) is 40.4 Å². The van der Waals surface area contributed by atoms with E-state index in [4.69, 9.17) is 10.5 Å². The summed E-state index contributed by atoms with van der Waals surface area (Å²) in [6.45, 7) is 1.92. The van der Waals surface area contributed by atoms with Gasteiger partial charge < -0.3 is 25.7 Å². The van der Waals surface area contributed by atoms with Gasteiger partial charge in [-0.2, -0.15) is 0 Å². The number of rotatable bonds is 5. The average Bonchev–Trinajstić information content (AvgIpc) is 2.76. The molecular weight excluding hydrogens is 212 g/mol. The van der Waals surface area contributed by atoms with Crippen molar-refractivity contribution < 1.29 is 19.7 Å². The number of carbonyl (C=O) groups is 1. The number of aliphatic hydroxyl groups is 2. The smallest absolute Gasteiger partial charge is 0.354 e. The molecule has 0 aliphatic carbocycles. The fourth-order valence-electron chi connectivity index (χ4n) is 1.25. The van der Waals surface area contributed by atoms with Gasteiger partial charge >= 0.3 is 5.97 Å². The topological polar surface area (TPSA) is 109 Å². The number of esters is 1. The van der Waals surface area contributed by atoms with E-state index in [2.05, 4.69) is 4.98 Å². The number of aromatic nitrogens is 1. The number of ether oxygens (including phenoxy) is 1. The lowest BCUT2D eigenvalue weighted by atomic mass is 10.1. The second-order valence-corrected chi connectivity index (χ2v) is 3.30.